The number of aromatic nitrogens is 1. The van der Waals surface area contributed by atoms with Crippen LogP contribution in [-0.2, 0) is 6.54 Å². The molecule has 2 aliphatic rings. The number of nitrogens with one attached hydrogen (secondary N) is 1. The first kappa shape index (κ1) is 12.5. The van der Waals surface area contributed by atoms with Gasteiger partial charge in [0, 0.05) is 30.9 Å². The number of hydrogen-bond acceptors (Lipinski definition) is 5. The highest BCUT2D eigenvalue weighted by Gasteiger charge is 2.20. The van der Waals surface area contributed by atoms with Crippen LogP contribution in [-0.4, -0.2) is 17.8 Å². The quantitative estimate of drug-likeness (QED) is 0.915. The Hall–Kier alpha value is -2.27. The van der Waals surface area contributed by atoms with Gasteiger partial charge in [-0.25, -0.2) is 4.98 Å². The number of hydrogen-bond donors (Lipinski definition) is 1. The lowest BCUT2D eigenvalue weighted by Gasteiger charge is -2.08. The molecule has 2 aromatic rings. The van der Waals surface area contributed by atoms with Gasteiger partial charge in [0.25, 0.3) is 0 Å². The van der Waals surface area contributed by atoms with Crippen LogP contribution in [0.4, 0.5) is 0 Å². The average Bonchev–Trinajstić information content (AvgIpc) is 3.22. The zero-order valence-electron chi connectivity index (χ0n) is 11.5. The molecule has 1 aromatic carbocycles. The Morgan fingerprint density at radius 1 is 1.14 bits per heavy atom. The van der Waals surface area contributed by atoms with E-state index in [4.69, 9.17) is 14.2 Å². The number of rotatable bonds is 5. The Morgan fingerprint density at radius 3 is 2.95 bits per heavy atom. The summed E-state index contributed by atoms with van der Waals surface area (Å²) >= 11 is 0. The summed E-state index contributed by atoms with van der Waals surface area (Å²) in [5.41, 5.74) is 1.17. The molecule has 5 nitrogen and oxygen atoms in total. The largest absolute Gasteiger partial charge is 0.454 e. The van der Waals surface area contributed by atoms with Crippen LogP contribution in [0.2, 0.25) is 0 Å². The summed E-state index contributed by atoms with van der Waals surface area (Å²) in [6, 6.07) is 10.2. The summed E-state index contributed by atoms with van der Waals surface area (Å²) in [6.07, 6.45) is 4.34. The molecular weight excluding hydrogens is 268 g/mol. The van der Waals surface area contributed by atoms with Crippen LogP contribution in [0, 0.1) is 0 Å². The molecule has 1 N–H and O–H groups in total. The van der Waals surface area contributed by atoms with Crippen molar-refractivity contribution in [3.63, 3.8) is 0 Å². The van der Waals surface area contributed by atoms with Crippen LogP contribution in [0.3, 0.4) is 0 Å². The van der Waals surface area contributed by atoms with E-state index in [1.807, 2.05) is 30.3 Å². The second-order valence-corrected chi connectivity index (χ2v) is 5.27. The summed E-state index contributed by atoms with van der Waals surface area (Å²) in [5, 5.41) is 3.48. The van der Waals surface area contributed by atoms with Crippen LogP contribution in [0.15, 0.2) is 36.5 Å². The van der Waals surface area contributed by atoms with Gasteiger partial charge in [-0.2, -0.15) is 0 Å². The normalized spacial score (nSPS) is 16.0. The van der Waals surface area contributed by atoms with Gasteiger partial charge >= 0.3 is 0 Å². The molecule has 5 heteroatoms. The van der Waals surface area contributed by atoms with Crippen LogP contribution in [0.1, 0.15) is 18.4 Å². The van der Waals surface area contributed by atoms with E-state index in [9.17, 15) is 0 Å². The van der Waals surface area contributed by atoms with E-state index in [1.54, 1.807) is 6.20 Å². The maximum absolute atomic E-state index is 5.79. The van der Waals surface area contributed by atoms with Crippen LogP contribution in [0.25, 0.3) is 0 Å². The number of benzene rings is 1. The molecule has 1 aliphatic heterocycles. The third kappa shape index (κ3) is 2.92. The van der Waals surface area contributed by atoms with E-state index in [1.165, 1.54) is 18.4 Å². The fraction of sp³-hybridized carbons (Fsp3) is 0.312. The predicted molar refractivity (Wildman–Crippen MR) is 76.7 cm³/mol. The van der Waals surface area contributed by atoms with Crippen molar-refractivity contribution in [2.45, 2.75) is 25.4 Å². The fourth-order valence-electron chi connectivity index (χ4n) is 2.23. The SMILES string of the molecule is c1cc(CNC2CC2)cc(Oc2ccc3c(c2)OCO3)n1. The minimum atomic E-state index is 0.263. The number of pyridine rings is 1. The molecule has 0 atom stereocenters. The number of fused-ring (bicyclic) bond motifs is 1. The second kappa shape index (κ2) is 5.26. The van der Waals surface area contributed by atoms with E-state index in [-0.39, 0.29) is 6.79 Å². The second-order valence-electron chi connectivity index (χ2n) is 5.27. The molecule has 1 aromatic heterocycles. The predicted octanol–water partition coefficient (Wildman–Crippen LogP) is 2.85. The first-order valence-corrected chi connectivity index (χ1v) is 7.13. The highest BCUT2D eigenvalue weighted by molar-refractivity contribution is 5.47. The number of nitrogens with zero attached hydrogens (tertiary/aromatic N) is 1. The molecule has 0 saturated heterocycles. The van der Waals surface area contributed by atoms with Crippen molar-refractivity contribution in [1.29, 1.82) is 0 Å². The molecule has 4 rings (SSSR count). The van der Waals surface area contributed by atoms with Crippen molar-refractivity contribution in [3.8, 4) is 23.1 Å². The minimum Gasteiger partial charge on any atom is -0.454 e. The average molecular weight is 284 g/mol. The molecule has 0 spiro atoms. The smallest absolute Gasteiger partial charge is 0.231 e. The third-order valence-corrected chi connectivity index (χ3v) is 3.54. The van der Waals surface area contributed by atoms with Gasteiger partial charge in [-0.1, -0.05) is 0 Å². The summed E-state index contributed by atoms with van der Waals surface area (Å²) in [4.78, 5) is 4.25. The summed E-state index contributed by atoms with van der Waals surface area (Å²) in [5.74, 6) is 2.74. The molecule has 108 valence electrons. The fourth-order valence-corrected chi connectivity index (χ4v) is 2.23. The molecular formula is C16H16N2O3. The van der Waals surface area contributed by atoms with Gasteiger partial charge in [0.15, 0.2) is 11.5 Å². The molecule has 0 bridgehead atoms. The maximum atomic E-state index is 5.79. The van der Waals surface area contributed by atoms with E-state index in [0.717, 1.165) is 12.3 Å². The molecule has 21 heavy (non-hydrogen) atoms. The first-order valence-electron chi connectivity index (χ1n) is 7.13. The van der Waals surface area contributed by atoms with E-state index in [2.05, 4.69) is 10.3 Å². The van der Waals surface area contributed by atoms with Gasteiger partial charge in [-0.3, -0.25) is 0 Å². The number of ether oxygens (including phenoxy) is 3. The van der Waals surface area contributed by atoms with Gasteiger partial charge in [-0.05, 0) is 36.6 Å². The lowest BCUT2D eigenvalue weighted by molar-refractivity contribution is 0.174. The topological polar surface area (TPSA) is 52.6 Å². The Kier molecular flexibility index (Phi) is 3.12. The van der Waals surface area contributed by atoms with Gasteiger partial charge in [0.1, 0.15) is 5.75 Å². The Balaban J connectivity index is 1.47. The lowest BCUT2D eigenvalue weighted by Crippen LogP contribution is -2.15. The molecule has 1 saturated carbocycles. The van der Waals surface area contributed by atoms with Gasteiger partial charge in [0.2, 0.25) is 12.7 Å². The monoisotopic (exact) mass is 284 g/mol. The molecule has 2 heterocycles. The Labute approximate surface area is 122 Å². The van der Waals surface area contributed by atoms with Crippen molar-refractivity contribution in [2.75, 3.05) is 6.79 Å². The Morgan fingerprint density at radius 2 is 2.05 bits per heavy atom. The molecule has 1 aliphatic carbocycles. The zero-order valence-corrected chi connectivity index (χ0v) is 11.5. The van der Waals surface area contributed by atoms with Gasteiger partial charge < -0.3 is 19.5 Å². The Bertz CT molecular complexity index is 656. The lowest BCUT2D eigenvalue weighted by atomic mass is 10.2. The molecule has 0 unspecified atom stereocenters. The van der Waals surface area contributed by atoms with E-state index < -0.39 is 0 Å². The summed E-state index contributed by atoms with van der Waals surface area (Å²) < 4.78 is 16.4. The minimum absolute atomic E-state index is 0.263. The highest BCUT2D eigenvalue weighted by Crippen LogP contribution is 2.36. The van der Waals surface area contributed by atoms with Crippen molar-refractivity contribution in [1.82, 2.24) is 10.3 Å². The van der Waals surface area contributed by atoms with Crippen LogP contribution < -0.4 is 19.5 Å². The summed E-state index contributed by atoms with van der Waals surface area (Å²) in [7, 11) is 0. The van der Waals surface area contributed by atoms with Gasteiger partial charge in [0.05, 0.1) is 0 Å². The van der Waals surface area contributed by atoms with Crippen LogP contribution >= 0.6 is 0 Å². The van der Waals surface area contributed by atoms with E-state index >= 15 is 0 Å². The molecule has 0 radical (unpaired) electrons. The standard InChI is InChI=1S/C16H16N2O3/c1-2-12(1)18-9-11-5-6-17-16(7-11)21-13-3-4-14-15(8-13)20-10-19-14/h3-8,12,18H,1-2,9-10H2. The first-order chi connectivity index (χ1) is 10.4. The van der Waals surface area contributed by atoms with Crippen molar-refractivity contribution < 1.29 is 14.2 Å². The van der Waals surface area contributed by atoms with Crippen LogP contribution in [0.5, 0.6) is 23.1 Å². The van der Waals surface area contributed by atoms with Crippen molar-refractivity contribution in [2.24, 2.45) is 0 Å². The highest BCUT2D eigenvalue weighted by atomic mass is 16.7. The zero-order chi connectivity index (χ0) is 14.1. The van der Waals surface area contributed by atoms with Crippen molar-refractivity contribution in [3.05, 3.63) is 42.1 Å². The van der Waals surface area contributed by atoms with Gasteiger partial charge in [-0.15, -0.1) is 0 Å². The molecule has 1 fully saturated rings. The third-order valence-electron chi connectivity index (χ3n) is 3.54. The maximum Gasteiger partial charge on any atom is 0.231 e. The van der Waals surface area contributed by atoms with Crippen molar-refractivity contribution >= 4 is 0 Å². The van der Waals surface area contributed by atoms with E-state index in [0.29, 0.717) is 23.4 Å². The molecule has 0 amide bonds. The summed E-state index contributed by atoms with van der Waals surface area (Å²) in [6.45, 7) is 1.12.